The summed E-state index contributed by atoms with van der Waals surface area (Å²) in [4.78, 5) is 19.1. The van der Waals surface area contributed by atoms with Gasteiger partial charge in [-0.3, -0.25) is 9.78 Å². The van der Waals surface area contributed by atoms with Gasteiger partial charge in [0.2, 0.25) is 0 Å². The van der Waals surface area contributed by atoms with Gasteiger partial charge >= 0.3 is 0 Å². The van der Waals surface area contributed by atoms with E-state index < -0.39 is 8.07 Å². The second kappa shape index (κ2) is 16.2. The number of ketones is 1. The van der Waals surface area contributed by atoms with Gasteiger partial charge in [-0.25, -0.2) is 0 Å². The third kappa shape index (κ3) is 7.30. The van der Waals surface area contributed by atoms with Crippen LogP contribution in [0.1, 0.15) is 78.7 Å². The van der Waals surface area contributed by atoms with Gasteiger partial charge in [-0.2, -0.15) is 0 Å². The number of carbonyl (C=O) groups excluding carboxylic acids is 1. The molecule has 0 aliphatic carbocycles. The molecule has 1 aliphatic rings. The number of hydrogen-bond donors (Lipinski definition) is 1. The zero-order valence-electron chi connectivity index (χ0n) is 29.4. The van der Waals surface area contributed by atoms with Crippen LogP contribution in [0.2, 0.25) is 13.1 Å². The normalized spacial score (nSPS) is 12.7. The second-order valence-electron chi connectivity index (χ2n) is 13.3. The number of benzene rings is 3. The predicted molar refractivity (Wildman–Crippen MR) is 201 cm³/mol. The van der Waals surface area contributed by atoms with E-state index in [1.54, 1.807) is 0 Å². The first-order valence-corrected chi connectivity index (χ1v) is 21.0. The second-order valence-corrected chi connectivity index (χ2v) is 18.6. The average molecular weight is 855 g/mol. The fourth-order valence-corrected chi connectivity index (χ4v) is 11.3. The van der Waals surface area contributed by atoms with Gasteiger partial charge in [-0.1, -0.05) is 125 Å². The Morgan fingerprint density at radius 1 is 0.917 bits per heavy atom. The van der Waals surface area contributed by atoms with Crippen LogP contribution in [0.15, 0.2) is 92.9 Å². The summed E-state index contributed by atoms with van der Waals surface area (Å²) in [6.07, 6.45) is 6.78. The van der Waals surface area contributed by atoms with E-state index >= 15 is 0 Å². The van der Waals surface area contributed by atoms with Crippen molar-refractivity contribution in [3.05, 3.63) is 90.3 Å². The zero-order chi connectivity index (χ0) is 33.9. The number of aliphatic hydroxyl groups is 1. The van der Waals surface area contributed by atoms with Gasteiger partial charge in [0.25, 0.3) is 0 Å². The molecule has 5 aromatic rings. The number of hydrogen-bond acceptors (Lipinski definition) is 5. The molecule has 255 valence electrons. The smallest absolute Gasteiger partial charge is 0.162 e. The molecule has 4 nitrogen and oxygen atoms in total. The first-order chi connectivity index (χ1) is 22.6. The molecule has 0 spiro atoms. The number of fused-ring (bicyclic) bond motifs is 3. The van der Waals surface area contributed by atoms with Crippen molar-refractivity contribution in [3.8, 4) is 11.3 Å². The Bertz CT molecular complexity index is 1910. The molecule has 6 rings (SSSR count). The molecular weight excluding hydrogens is 807 g/mol. The van der Waals surface area contributed by atoms with Crippen LogP contribution in [0.5, 0.6) is 0 Å². The number of allylic oxidation sites excluding steroid dienone is 2. The first-order valence-electron chi connectivity index (χ1n) is 17.1. The van der Waals surface area contributed by atoms with Crippen LogP contribution in [0, 0.1) is 17.9 Å². The number of pyridine rings is 1. The Labute approximate surface area is 305 Å². The van der Waals surface area contributed by atoms with Crippen molar-refractivity contribution < 1.29 is 34.4 Å². The minimum Gasteiger partial charge on any atom is -0.512 e. The maximum atomic E-state index is 11.7. The van der Waals surface area contributed by atoms with E-state index in [0.717, 1.165) is 58.7 Å². The third-order valence-electron chi connectivity index (χ3n) is 9.67. The molecule has 1 N–H and O–H groups in total. The summed E-state index contributed by atoms with van der Waals surface area (Å²) < 4.78 is 6.65. The van der Waals surface area contributed by atoms with Crippen molar-refractivity contribution in [2.45, 2.75) is 96.0 Å². The first kappa shape index (κ1) is 37.8. The molecule has 1 radical (unpaired) electrons. The molecule has 3 aromatic carbocycles. The fraction of sp³-hybridized carbons (Fsp3) is 0.366. The summed E-state index contributed by atoms with van der Waals surface area (Å²) >= 11 is 1.87. The average Bonchev–Trinajstić information content (AvgIpc) is 3.46. The minimum atomic E-state index is -2.04. The molecule has 0 atom stereocenters. The van der Waals surface area contributed by atoms with Crippen molar-refractivity contribution in [2.24, 2.45) is 11.8 Å². The van der Waals surface area contributed by atoms with Crippen molar-refractivity contribution >= 4 is 57.9 Å². The standard InChI is InChI=1S/C28H24NOSSi.C13H24O2.Ir/c1-17(2)23-20-13-9-8-10-18(20)16-21-25-24-22(14-15-29-25)30-28(27(24)31-26(21)23)32(3,4)19-11-6-5-7-12-19;1-5-10(6-2)12(14)9-13(15)11(7-3)8-4;/h5-15,17H,1-4H3;9-11,14H,5-8H2,1-4H3;/q-1;;/b;12-9-;. The zero-order valence-corrected chi connectivity index (χ0v) is 33.7. The van der Waals surface area contributed by atoms with Gasteiger partial charge in [-0.15, -0.1) is 29.3 Å². The number of aromatic nitrogens is 1. The van der Waals surface area contributed by atoms with Crippen LogP contribution in [0.3, 0.4) is 0 Å². The number of carbonyl (C=O) groups is 1. The Kier molecular flexibility index (Phi) is 12.7. The maximum absolute atomic E-state index is 11.7. The molecule has 0 bridgehead atoms. The Hall–Kier alpha value is -2.96. The van der Waals surface area contributed by atoms with Gasteiger partial charge in [0.05, 0.1) is 5.76 Å². The molecule has 48 heavy (non-hydrogen) atoms. The van der Waals surface area contributed by atoms with Crippen LogP contribution in [0.4, 0.5) is 0 Å². The monoisotopic (exact) mass is 855 g/mol. The van der Waals surface area contributed by atoms with E-state index in [2.05, 4.69) is 87.6 Å². The summed E-state index contributed by atoms with van der Waals surface area (Å²) in [5.41, 5.74) is 4.44. The molecule has 2 aromatic heterocycles. The number of aliphatic hydroxyl groups excluding tert-OH is 1. The quantitative estimate of drug-likeness (QED) is 0.0644. The van der Waals surface area contributed by atoms with E-state index in [-0.39, 0.29) is 43.5 Å². The molecule has 0 saturated carbocycles. The largest absolute Gasteiger partial charge is 0.512 e. The molecule has 3 heterocycles. The Balaban J connectivity index is 0.000000279. The van der Waals surface area contributed by atoms with Crippen molar-refractivity contribution in [3.63, 3.8) is 0 Å². The Morgan fingerprint density at radius 3 is 2.17 bits per heavy atom. The fourth-order valence-electron chi connectivity index (χ4n) is 6.71. The summed E-state index contributed by atoms with van der Waals surface area (Å²) in [6, 6.07) is 25.2. The van der Waals surface area contributed by atoms with Gasteiger partial charge < -0.3 is 9.52 Å². The van der Waals surface area contributed by atoms with Gasteiger partial charge in [0.15, 0.2) is 13.9 Å². The van der Waals surface area contributed by atoms with E-state index in [9.17, 15) is 9.90 Å². The summed E-state index contributed by atoms with van der Waals surface area (Å²) in [6.45, 7) is 17.4. The molecule has 7 heteroatoms. The van der Waals surface area contributed by atoms with E-state index in [0.29, 0.717) is 5.92 Å². The summed E-state index contributed by atoms with van der Waals surface area (Å²) in [7, 11) is -2.04. The Morgan fingerprint density at radius 2 is 1.54 bits per heavy atom. The number of nitrogens with zero attached hydrogens (tertiary/aromatic N) is 1. The van der Waals surface area contributed by atoms with Crippen LogP contribution in [-0.4, -0.2) is 23.9 Å². The molecule has 0 unspecified atom stereocenters. The van der Waals surface area contributed by atoms with Crippen molar-refractivity contribution in [1.82, 2.24) is 4.98 Å². The van der Waals surface area contributed by atoms with Crippen LogP contribution in [0.25, 0.3) is 33.0 Å². The van der Waals surface area contributed by atoms with Crippen LogP contribution < -0.4 is 10.6 Å². The van der Waals surface area contributed by atoms with Crippen molar-refractivity contribution in [1.29, 1.82) is 0 Å². The van der Waals surface area contributed by atoms with E-state index in [1.165, 1.54) is 32.0 Å². The topological polar surface area (TPSA) is 63.3 Å². The van der Waals surface area contributed by atoms with Crippen LogP contribution >= 0.6 is 11.8 Å². The molecule has 0 saturated heterocycles. The summed E-state index contributed by atoms with van der Waals surface area (Å²) in [5.74, 6) is 0.942. The van der Waals surface area contributed by atoms with Gasteiger partial charge in [0.1, 0.15) is 11.0 Å². The minimum absolute atomic E-state index is 0. The maximum Gasteiger partial charge on any atom is 0.162 e. The molecule has 0 fully saturated rings. The van der Waals surface area contributed by atoms with Crippen molar-refractivity contribution in [2.75, 3.05) is 0 Å². The molecular formula is C41H48IrNO3SSi-. The van der Waals surface area contributed by atoms with E-state index in [4.69, 9.17) is 9.40 Å². The summed E-state index contributed by atoms with van der Waals surface area (Å²) in [5, 5.41) is 15.9. The number of rotatable bonds is 10. The predicted octanol–water partition coefficient (Wildman–Crippen LogP) is 10.7. The van der Waals surface area contributed by atoms with Crippen LogP contribution in [-0.2, 0) is 24.9 Å². The van der Waals surface area contributed by atoms with Gasteiger partial charge in [0, 0.05) is 60.2 Å². The number of furan rings is 1. The molecule has 1 aliphatic heterocycles. The van der Waals surface area contributed by atoms with E-state index in [1.807, 2.05) is 51.7 Å². The molecule has 0 amide bonds. The van der Waals surface area contributed by atoms with Gasteiger partial charge in [-0.05, 0) is 42.6 Å². The third-order valence-corrected chi connectivity index (χ3v) is 14.3. The SMILES string of the molecule is CC(C)c1c2c([c-]c3ccccc13)-c1nccc3oc([Si](C)(C)c4ccccc4)c(c13)S2.CCC(CC)C(=O)/C=C(\O)C(CC)CC.[Ir].